The molecule has 3 aliphatic rings. The molecule has 0 spiro atoms. The summed E-state index contributed by atoms with van der Waals surface area (Å²) in [5.74, 6) is 1.81. The molecule has 1 aliphatic heterocycles. The lowest BCUT2D eigenvalue weighted by atomic mass is 9.88. The first-order chi connectivity index (χ1) is 11.8. The standard InChI is InChI=1S/C22H33ClN2/c1-14-9-16(3)21(17(4)10-14)24-7-8-25(20(24)13-23)22-18(5)11-15(2)12-19(22)6/h9,11,17,19-20H,7-8,10,12-13H2,1-6H3/t17-,19+,20?. The highest BCUT2D eigenvalue weighted by Crippen LogP contribution is 2.39. The van der Waals surface area contributed by atoms with Gasteiger partial charge in [0.25, 0.3) is 0 Å². The fraction of sp³-hybridized carbons (Fsp3) is 0.636. The monoisotopic (exact) mass is 360 g/mol. The van der Waals surface area contributed by atoms with Crippen LogP contribution >= 0.6 is 11.6 Å². The molecular weight excluding hydrogens is 328 g/mol. The fourth-order valence-electron chi connectivity index (χ4n) is 5.37. The van der Waals surface area contributed by atoms with E-state index in [0.29, 0.717) is 17.7 Å². The van der Waals surface area contributed by atoms with Crippen molar-refractivity contribution in [1.82, 2.24) is 9.80 Å². The molecule has 3 heteroatoms. The molecule has 3 atom stereocenters. The number of halogens is 1. The predicted molar refractivity (Wildman–Crippen MR) is 108 cm³/mol. The molecule has 2 aliphatic carbocycles. The molecule has 2 nitrogen and oxygen atoms in total. The van der Waals surface area contributed by atoms with Gasteiger partial charge in [0.2, 0.25) is 0 Å². The van der Waals surface area contributed by atoms with Gasteiger partial charge in [0.15, 0.2) is 0 Å². The summed E-state index contributed by atoms with van der Waals surface area (Å²) in [6, 6.07) is 0. The van der Waals surface area contributed by atoms with Gasteiger partial charge in [-0.1, -0.05) is 37.1 Å². The van der Waals surface area contributed by atoms with Crippen LogP contribution in [-0.4, -0.2) is 34.9 Å². The van der Waals surface area contributed by atoms with E-state index >= 15 is 0 Å². The van der Waals surface area contributed by atoms with Crippen LogP contribution in [0.15, 0.2) is 45.8 Å². The van der Waals surface area contributed by atoms with E-state index in [-0.39, 0.29) is 6.17 Å². The third-order valence-electron chi connectivity index (χ3n) is 5.98. The van der Waals surface area contributed by atoms with Gasteiger partial charge in [0.05, 0.1) is 5.88 Å². The lowest BCUT2D eigenvalue weighted by Crippen LogP contribution is -2.43. The van der Waals surface area contributed by atoms with Crippen LogP contribution in [0, 0.1) is 11.8 Å². The second kappa shape index (κ2) is 7.23. The molecule has 1 unspecified atom stereocenters. The molecule has 0 aromatic heterocycles. The van der Waals surface area contributed by atoms with Crippen LogP contribution in [0.1, 0.15) is 54.4 Å². The Kier molecular flexibility index (Phi) is 5.39. The average Bonchev–Trinajstić information content (AvgIpc) is 2.88. The second-order valence-corrected chi connectivity index (χ2v) is 8.66. The zero-order valence-electron chi connectivity index (χ0n) is 16.7. The van der Waals surface area contributed by atoms with Crippen molar-refractivity contribution in [3.63, 3.8) is 0 Å². The average molecular weight is 361 g/mol. The summed E-state index contributed by atoms with van der Waals surface area (Å²) in [4.78, 5) is 5.18. The van der Waals surface area contributed by atoms with E-state index in [1.807, 2.05) is 0 Å². The van der Waals surface area contributed by atoms with Crippen LogP contribution in [0.2, 0.25) is 0 Å². The Morgan fingerprint density at radius 2 is 1.24 bits per heavy atom. The van der Waals surface area contributed by atoms with Crippen molar-refractivity contribution in [2.75, 3.05) is 19.0 Å². The molecule has 0 amide bonds. The van der Waals surface area contributed by atoms with E-state index in [1.54, 1.807) is 0 Å². The van der Waals surface area contributed by atoms with E-state index in [4.69, 9.17) is 11.6 Å². The first kappa shape index (κ1) is 18.6. The smallest absolute Gasteiger partial charge is 0.115 e. The number of hydrogen-bond acceptors (Lipinski definition) is 2. The Labute approximate surface area is 158 Å². The maximum atomic E-state index is 6.52. The van der Waals surface area contributed by atoms with E-state index in [1.165, 1.54) is 33.7 Å². The Morgan fingerprint density at radius 1 is 0.840 bits per heavy atom. The third kappa shape index (κ3) is 3.43. The van der Waals surface area contributed by atoms with Gasteiger partial charge in [-0.15, -0.1) is 11.6 Å². The van der Waals surface area contributed by atoms with Crippen LogP contribution in [0.4, 0.5) is 0 Å². The Balaban J connectivity index is 1.95. The summed E-state index contributed by atoms with van der Waals surface area (Å²) in [6.07, 6.45) is 7.34. The van der Waals surface area contributed by atoms with Gasteiger partial charge in [-0.25, -0.2) is 0 Å². The van der Waals surface area contributed by atoms with Crippen molar-refractivity contribution in [2.45, 2.75) is 60.5 Å². The molecule has 25 heavy (non-hydrogen) atoms. The van der Waals surface area contributed by atoms with E-state index in [2.05, 4.69) is 63.5 Å². The summed E-state index contributed by atoms with van der Waals surface area (Å²) in [5, 5.41) is 0. The molecule has 0 bridgehead atoms. The maximum Gasteiger partial charge on any atom is 0.115 e. The number of hydrogen-bond donors (Lipinski definition) is 0. The van der Waals surface area contributed by atoms with E-state index in [0.717, 1.165) is 25.9 Å². The molecule has 0 N–H and O–H groups in total. The van der Waals surface area contributed by atoms with Crippen LogP contribution < -0.4 is 0 Å². The van der Waals surface area contributed by atoms with Crippen molar-refractivity contribution in [2.24, 2.45) is 11.8 Å². The van der Waals surface area contributed by atoms with Crippen molar-refractivity contribution >= 4 is 11.6 Å². The largest absolute Gasteiger partial charge is 0.351 e. The van der Waals surface area contributed by atoms with Crippen LogP contribution in [0.5, 0.6) is 0 Å². The summed E-state index contributed by atoms with van der Waals surface area (Å²) < 4.78 is 0. The van der Waals surface area contributed by atoms with Gasteiger partial charge in [-0.3, -0.25) is 0 Å². The SMILES string of the molecule is CC1=CC(C)=C(N2CCN(C3=C(C)C=C(C)C[C@@H]3C)C2CCl)[C@H](C)C1. The van der Waals surface area contributed by atoms with Gasteiger partial charge in [0, 0.05) is 36.3 Å². The summed E-state index contributed by atoms with van der Waals surface area (Å²) in [5.41, 5.74) is 8.84. The quantitative estimate of drug-likeness (QED) is 0.596. The van der Waals surface area contributed by atoms with Crippen molar-refractivity contribution in [1.29, 1.82) is 0 Å². The first-order valence-electron chi connectivity index (χ1n) is 9.68. The minimum Gasteiger partial charge on any atom is -0.351 e. The van der Waals surface area contributed by atoms with Crippen molar-refractivity contribution in [3.8, 4) is 0 Å². The van der Waals surface area contributed by atoms with Crippen LogP contribution in [0.25, 0.3) is 0 Å². The molecular formula is C22H33ClN2. The number of alkyl halides is 1. The first-order valence-corrected chi connectivity index (χ1v) is 10.2. The Hall–Kier alpha value is -1.15. The van der Waals surface area contributed by atoms with Crippen LogP contribution in [-0.2, 0) is 0 Å². The molecule has 3 rings (SSSR count). The molecule has 1 saturated heterocycles. The second-order valence-electron chi connectivity index (χ2n) is 8.35. The molecule has 0 aromatic rings. The maximum absolute atomic E-state index is 6.52. The highest BCUT2D eigenvalue weighted by atomic mass is 35.5. The van der Waals surface area contributed by atoms with Gasteiger partial charge < -0.3 is 9.80 Å². The minimum absolute atomic E-state index is 0.278. The topological polar surface area (TPSA) is 6.48 Å². The zero-order chi connectivity index (χ0) is 18.3. The molecule has 138 valence electrons. The van der Waals surface area contributed by atoms with E-state index < -0.39 is 0 Å². The minimum atomic E-state index is 0.278. The molecule has 1 fully saturated rings. The van der Waals surface area contributed by atoms with Crippen LogP contribution in [0.3, 0.4) is 0 Å². The number of allylic oxidation sites excluding steroid dienone is 8. The molecule has 0 saturated carbocycles. The lowest BCUT2D eigenvalue weighted by Gasteiger charge is -2.40. The summed E-state index contributed by atoms with van der Waals surface area (Å²) in [6.45, 7) is 15.9. The van der Waals surface area contributed by atoms with Crippen molar-refractivity contribution in [3.05, 3.63) is 45.8 Å². The number of rotatable bonds is 3. The Morgan fingerprint density at radius 3 is 1.56 bits per heavy atom. The number of nitrogens with zero attached hydrogens (tertiary/aromatic N) is 2. The highest BCUT2D eigenvalue weighted by Gasteiger charge is 2.38. The van der Waals surface area contributed by atoms with Crippen molar-refractivity contribution < 1.29 is 0 Å². The van der Waals surface area contributed by atoms with E-state index in [9.17, 15) is 0 Å². The normalized spacial score (nSPS) is 30.9. The third-order valence-corrected chi connectivity index (χ3v) is 6.26. The van der Waals surface area contributed by atoms with Gasteiger partial charge in [-0.2, -0.15) is 0 Å². The summed E-state index contributed by atoms with van der Waals surface area (Å²) in [7, 11) is 0. The molecule has 1 heterocycles. The van der Waals surface area contributed by atoms with Gasteiger partial charge in [-0.05, 0) is 51.7 Å². The highest BCUT2D eigenvalue weighted by molar-refractivity contribution is 6.18. The van der Waals surface area contributed by atoms with Gasteiger partial charge in [0.1, 0.15) is 6.17 Å². The molecule has 0 aromatic carbocycles. The molecule has 0 radical (unpaired) electrons. The lowest BCUT2D eigenvalue weighted by molar-refractivity contribution is 0.190. The van der Waals surface area contributed by atoms with Gasteiger partial charge >= 0.3 is 0 Å². The zero-order valence-corrected chi connectivity index (χ0v) is 17.5. The summed E-state index contributed by atoms with van der Waals surface area (Å²) >= 11 is 6.52. The predicted octanol–water partition coefficient (Wildman–Crippen LogP) is 5.69. The fourth-order valence-corrected chi connectivity index (χ4v) is 5.70. The Bertz CT molecular complexity index is 612.